The molecule has 6 heteroatoms. The number of carbonyl (C=O) groups is 3. The van der Waals surface area contributed by atoms with Gasteiger partial charge in [0.2, 0.25) is 0 Å². The van der Waals surface area contributed by atoms with E-state index in [-0.39, 0.29) is 17.3 Å². The molecule has 0 N–H and O–H groups in total. The van der Waals surface area contributed by atoms with Gasteiger partial charge >= 0.3 is 0 Å². The van der Waals surface area contributed by atoms with Gasteiger partial charge in [-0.15, -0.1) is 0 Å². The molecule has 202 valence electrons. The van der Waals surface area contributed by atoms with Gasteiger partial charge in [0, 0.05) is 38.9 Å². The molecule has 1 spiro atoms. The number of hydrogen-bond donors (Lipinski definition) is 0. The van der Waals surface area contributed by atoms with Gasteiger partial charge in [0.15, 0.2) is 17.3 Å². The van der Waals surface area contributed by atoms with Crippen molar-refractivity contribution in [2.75, 3.05) is 11.5 Å². The number of Topliss-reactive ketones (excluding diaryl/α,β-unsaturated/α-hetero) is 3. The predicted molar refractivity (Wildman–Crippen MR) is 159 cm³/mol. The van der Waals surface area contributed by atoms with Crippen molar-refractivity contribution in [1.82, 2.24) is 0 Å². The molecule has 1 unspecified atom stereocenters. The highest BCUT2D eigenvalue weighted by Gasteiger charge is 2.71. The SMILES string of the molecule is CCOc1ccccc1[C@@H]1[C@@H](C(=O)c2ccc(Cl)cc2)N2c3ccccc3C=CC2C12C(=O)c1ccccc1C2=O. The number of para-hydroxylation sites is 2. The topological polar surface area (TPSA) is 63.7 Å². The summed E-state index contributed by atoms with van der Waals surface area (Å²) in [6.07, 6.45) is 3.89. The van der Waals surface area contributed by atoms with Crippen LogP contribution in [0.4, 0.5) is 5.69 Å². The average molecular weight is 560 g/mol. The van der Waals surface area contributed by atoms with Crippen molar-refractivity contribution >= 4 is 40.7 Å². The van der Waals surface area contributed by atoms with Crippen LogP contribution in [0.1, 0.15) is 55.0 Å². The number of hydrogen-bond acceptors (Lipinski definition) is 5. The Kier molecular flexibility index (Phi) is 5.95. The smallest absolute Gasteiger partial charge is 0.185 e. The van der Waals surface area contributed by atoms with Crippen LogP contribution in [-0.2, 0) is 0 Å². The molecule has 4 aromatic rings. The lowest BCUT2D eigenvalue weighted by atomic mass is 9.64. The van der Waals surface area contributed by atoms with Crippen LogP contribution in [0.5, 0.6) is 5.75 Å². The number of rotatable bonds is 5. The molecular formula is C35H26ClNO4. The first-order valence-electron chi connectivity index (χ1n) is 13.7. The van der Waals surface area contributed by atoms with E-state index in [1.54, 1.807) is 48.5 Å². The monoisotopic (exact) mass is 559 g/mol. The molecule has 1 fully saturated rings. The summed E-state index contributed by atoms with van der Waals surface area (Å²) < 4.78 is 6.08. The van der Waals surface area contributed by atoms with E-state index in [1.807, 2.05) is 72.5 Å². The third-order valence-electron chi connectivity index (χ3n) is 8.66. The van der Waals surface area contributed by atoms with Crippen LogP contribution in [-0.4, -0.2) is 36.0 Å². The molecule has 0 bridgehead atoms. The van der Waals surface area contributed by atoms with E-state index in [0.29, 0.717) is 39.6 Å². The molecule has 0 aromatic heterocycles. The molecule has 4 aromatic carbocycles. The Bertz CT molecular complexity index is 1720. The molecule has 1 aliphatic carbocycles. The molecule has 41 heavy (non-hydrogen) atoms. The first-order chi connectivity index (χ1) is 20.0. The molecule has 2 heterocycles. The minimum atomic E-state index is -1.58. The van der Waals surface area contributed by atoms with Crippen LogP contribution in [0, 0.1) is 5.41 Å². The summed E-state index contributed by atoms with van der Waals surface area (Å²) >= 11 is 6.19. The zero-order valence-corrected chi connectivity index (χ0v) is 23.0. The number of fused-ring (bicyclic) bond motifs is 5. The highest BCUT2D eigenvalue weighted by Crippen LogP contribution is 2.61. The highest BCUT2D eigenvalue weighted by atomic mass is 35.5. The predicted octanol–water partition coefficient (Wildman–Crippen LogP) is 7.06. The van der Waals surface area contributed by atoms with Gasteiger partial charge in [-0.2, -0.15) is 0 Å². The number of halogens is 1. The van der Waals surface area contributed by atoms with E-state index in [0.717, 1.165) is 11.3 Å². The standard InChI is InChI=1S/C35H26ClNO4/c1-2-41-28-14-8-6-12-26(28)30-31(32(38)22-15-18-23(36)19-16-22)37-27-13-7-3-9-21(27)17-20-29(37)35(30)33(39)24-10-4-5-11-25(24)34(35)40/h3-20,29-31H,2H2,1H3/t29?,30-,31+/m1/s1. The fraction of sp³-hybridized carbons (Fsp3) is 0.171. The van der Waals surface area contributed by atoms with Crippen LogP contribution in [0.3, 0.4) is 0 Å². The van der Waals surface area contributed by atoms with Crippen molar-refractivity contribution in [3.05, 3.63) is 136 Å². The largest absolute Gasteiger partial charge is 0.494 e. The maximum absolute atomic E-state index is 14.7. The molecule has 0 radical (unpaired) electrons. The van der Waals surface area contributed by atoms with Crippen molar-refractivity contribution in [2.45, 2.75) is 24.9 Å². The molecular weight excluding hydrogens is 534 g/mol. The van der Waals surface area contributed by atoms with Crippen molar-refractivity contribution in [3.63, 3.8) is 0 Å². The Balaban J connectivity index is 1.56. The fourth-order valence-corrected chi connectivity index (χ4v) is 7.20. The molecule has 0 saturated carbocycles. The summed E-state index contributed by atoms with van der Waals surface area (Å²) in [5, 5.41) is 0.517. The van der Waals surface area contributed by atoms with Gasteiger partial charge in [-0.3, -0.25) is 14.4 Å². The van der Waals surface area contributed by atoms with Crippen molar-refractivity contribution in [2.24, 2.45) is 5.41 Å². The van der Waals surface area contributed by atoms with Gasteiger partial charge in [0.1, 0.15) is 17.2 Å². The zero-order valence-electron chi connectivity index (χ0n) is 22.3. The molecule has 7 rings (SSSR count). The van der Waals surface area contributed by atoms with Crippen molar-refractivity contribution in [3.8, 4) is 5.75 Å². The first kappa shape index (κ1) is 25.5. The molecule has 0 amide bonds. The van der Waals surface area contributed by atoms with Crippen molar-refractivity contribution in [1.29, 1.82) is 0 Å². The van der Waals surface area contributed by atoms with E-state index in [4.69, 9.17) is 16.3 Å². The number of ether oxygens (including phenoxy) is 1. The van der Waals surface area contributed by atoms with Gasteiger partial charge in [0.25, 0.3) is 0 Å². The molecule has 3 aliphatic rings. The second kappa shape index (κ2) is 9.57. The Morgan fingerprint density at radius 1 is 0.854 bits per heavy atom. The minimum absolute atomic E-state index is 0.193. The molecule has 1 saturated heterocycles. The van der Waals surface area contributed by atoms with E-state index >= 15 is 0 Å². The number of carbonyl (C=O) groups excluding carboxylic acids is 3. The zero-order chi connectivity index (χ0) is 28.3. The van der Waals surface area contributed by atoms with E-state index < -0.39 is 23.4 Å². The first-order valence-corrected chi connectivity index (χ1v) is 14.1. The van der Waals surface area contributed by atoms with Gasteiger partial charge in [-0.05, 0) is 48.9 Å². The quantitative estimate of drug-likeness (QED) is 0.193. The Morgan fingerprint density at radius 2 is 1.49 bits per heavy atom. The Morgan fingerprint density at radius 3 is 2.20 bits per heavy atom. The highest BCUT2D eigenvalue weighted by molar-refractivity contribution is 6.32. The van der Waals surface area contributed by atoms with Crippen LogP contribution >= 0.6 is 11.6 Å². The average Bonchev–Trinajstić information content (AvgIpc) is 3.44. The maximum Gasteiger partial charge on any atom is 0.185 e. The summed E-state index contributed by atoms with van der Waals surface area (Å²) in [5.74, 6) is -0.996. The summed E-state index contributed by atoms with van der Waals surface area (Å²) in [6, 6.07) is 27.5. The number of anilines is 1. The lowest BCUT2D eigenvalue weighted by Gasteiger charge is -2.37. The van der Waals surface area contributed by atoms with Crippen LogP contribution < -0.4 is 9.64 Å². The van der Waals surface area contributed by atoms with Crippen LogP contribution in [0.2, 0.25) is 5.02 Å². The van der Waals surface area contributed by atoms with Crippen molar-refractivity contribution < 1.29 is 19.1 Å². The van der Waals surface area contributed by atoms with Crippen LogP contribution in [0.15, 0.2) is 103 Å². The summed E-state index contributed by atoms with van der Waals surface area (Å²) in [4.78, 5) is 46.2. The summed E-state index contributed by atoms with van der Waals surface area (Å²) in [5.41, 5.74) is 2.05. The lowest BCUT2D eigenvalue weighted by Crippen LogP contribution is -2.48. The second-order valence-electron chi connectivity index (χ2n) is 10.6. The second-order valence-corrected chi connectivity index (χ2v) is 11.0. The number of nitrogens with zero attached hydrogens (tertiary/aromatic N) is 1. The van der Waals surface area contributed by atoms with E-state index in [1.165, 1.54) is 0 Å². The van der Waals surface area contributed by atoms with Gasteiger partial charge in [0.05, 0.1) is 12.6 Å². The lowest BCUT2D eigenvalue weighted by molar-refractivity contribution is 0.0664. The molecule has 3 atom stereocenters. The minimum Gasteiger partial charge on any atom is -0.494 e. The Labute approximate surface area is 243 Å². The maximum atomic E-state index is 14.7. The Hall–Kier alpha value is -4.48. The normalized spacial score (nSPS) is 21.5. The number of ketones is 3. The molecule has 2 aliphatic heterocycles. The van der Waals surface area contributed by atoms with Crippen LogP contribution in [0.25, 0.3) is 6.08 Å². The van der Waals surface area contributed by atoms with E-state index in [9.17, 15) is 14.4 Å². The fourth-order valence-electron chi connectivity index (χ4n) is 7.07. The third-order valence-corrected chi connectivity index (χ3v) is 8.92. The van der Waals surface area contributed by atoms with Gasteiger partial charge in [-0.1, -0.05) is 84.4 Å². The third kappa shape index (κ3) is 3.52. The molecule has 5 nitrogen and oxygen atoms in total. The number of benzene rings is 4. The van der Waals surface area contributed by atoms with Gasteiger partial charge < -0.3 is 9.64 Å². The summed E-state index contributed by atoms with van der Waals surface area (Å²) in [7, 11) is 0. The summed E-state index contributed by atoms with van der Waals surface area (Å²) in [6.45, 7) is 2.28. The van der Waals surface area contributed by atoms with E-state index in [2.05, 4.69) is 0 Å². The van der Waals surface area contributed by atoms with Gasteiger partial charge in [-0.25, -0.2) is 0 Å².